The van der Waals surface area contributed by atoms with Gasteiger partial charge in [-0.25, -0.2) is 4.79 Å². The second kappa shape index (κ2) is 8.38. The number of hydrogen-bond acceptors (Lipinski definition) is 5. The maximum atomic E-state index is 12.8. The lowest BCUT2D eigenvalue weighted by Crippen LogP contribution is -2.40. The number of aryl methyl sites for hydroxylation is 2. The van der Waals surface area contributed by atoms with Crippen LogP contribution in [0.3, 0.4) is 0 Å². The minimum absolute atomic E-state index is 0.207. The van der Waals surface area contributed by atoms with E-state index in [0.29, 0.717) is 55.3 Å². The lowest BCUT2D eigenvalue weighted by Gasteiger charge is -2.27. The third kappa shape index (κ3) is 4.08. The number of benzene rings is 1. The van der Waals surface area contributed by atoms with E-state index in [1.165, 1.54) is 13.2 Å². The Bertz CT molecular complexity index is 781. The molecule has 0 saturated carbocycles. The molecule has 0 spiro atoms. The molecule has 2 heterocycles. The minimum atomic E-state index is -0.493. The highest BCUT2D eigenvalue weighted by Gasteiger charge is 2.24. The molecule has 7 heteroatoms. The van der Waals surface area contributed by atoms with Gasteiger partial charge in [-0.2, -0.15) is 0 Å². The van der Waals surface area contributed by atoms with Gasteiger partial charge in [-0.3, -0.25) is 4.79 Å². The van der Waals surface area contributed by atoms with Crippen LogP contribution in [0.4, 0.5) is 0 Å². The fourth-order valence-corrected chi connectivity index (χ4v) is 3.20. The average Bonchev–Trinajstić information content (AvgIpc) is 3.19. The quantitative estimate of drug-likeness (QED) is 0.749. The first-order chi connectivity index (χ1) is 12.6. The van der Waals surface area contributed by atoms with Crippen LogP contribution in [0.15, 0.2) is 34.9 Å². The van der Waals surface area contributed by atoms with Crippen molar-refractivity contribution >= 4 is 23.5 Å². The van der Waals surface area contributed by atoms with E-state index in [1.807, 2.05) is 12.1 Å². The third-order valence-corrected chi connectivity index (χ3v) is 4.66. The van der Waals surface area contributed by atoms with Crippen molar-refractivity contribution in [3.63, 3.8) is 0 Å². The minimum Gasteiger partial charge on any atom is -0.469 e. The van der Waals surface area contributed by atoms with Gasteiger partial charge in [-0.05, 0) is 36.2 Å². The molecule has 0 aliphatic carbocycles. The van der Waals surface area contributed by atoms with Crippen molar-refractivity contribution in [3.8, 4) is 0 Å². The number of methoxy groups -OCH3 is 1. The summed E-state index contributed by atoms with van der Waals surface area (Å²) in [4.78, 5) is 26.7. The topological polar surface area (TPSA) is 69.0 Å². The summed E-state index contributed by atoms with van der Waals surface area (Å²) in [5.74, 6) is 0.110. The molecule has 0 radical (unpaired) electrons. The Kier molecular flexibility index (Phi) is 5.96. The number of carbonyl (C=O) groups excluding carboxylic acids is 2. The van der Waals surface area contributed by atoms with Gasteiger partial charge in [0.25, 0.3) is 5.91 Å². The fourth-order valence-electron chi connectivity index (χ4n) is 2.93. The summed E-state index contributed by atoms with van der Waals surface area (Å²) < 4.78 is 15.5. The second-order valence-corrected chi connectivity index (χ2v) is 6.37. The normalized spacial score (nSPS) is 14.3. The summed E-state index contributed by atoms with van der Waals surface area (Å²) in [7, 11) is 1.32. The fraction of sp³-hybridized carbons (Fsp3) is 0.368. The predicted octanol–water partition coefficient (Wildman–Crippen LogP) is 2.98. The van der Waals surface area contributed by atoms with E-state index in [0.717, 1.165) is 11.3 Å². The maximum Gasteiger partial charge on any atom is 0.338 e. The zero-order chi connectivity index (χ0) is 18.5. The number of amides is 1. The van der Waals surface area contributed by atoms with Crippen LogP contribution >= 0.6 is 11.6 Å². The van der Waals surface area contributed by atoms with Crippen LogP contribution in [0.5, 0.6) is 0 Å². The van der Waals surface area contributed by atoms with Crippen molar-refractivity contribution in [1.29, 1.82) is 0 Å². The first kappa shape index (κ1) is 18.5. The van der Waals surface area contributed by atoms with Crippen molar-refractivity contribution in [2.45, 2.75) is 12.8 Å². The number of halogens is 1. The van der Waals surface area contributed by atoms with Crippen molar-refractivity contribution in [1.82, 2.24) is 4.90 Å². The Balaban J connectivity index is 1.89. The van der Waals surface area contributed by atoms with Crippen molar-refractivity contribution in [3.05, 3.63) is 58.0 Å². The van der Waals surface area contributed by atoms with Crippen LogP contribution in [0.2, 0.25) is 5.02 Å². The molecule has 3 rings (SSSR count). The lowest BCUT2D eigenvalue weighted by atomic mass is 9.98. The van der Waals surface area contributed by atoms with Gasteiger partial charge in [0.2, 0.25) is 0 Å². The van der Waals surface area contributed by atoms with Crippen LogP contribution in [0.1, 0.15) is 32.0 Å². The van der Waals surface area contributed by atoms with Crippen LogP contribution < -0.4 is 0 Å². The number of furan rings is 1. The van der Waals surface area contributed by atoms with Crippen LogP contribution in [0.25, 0.3) is 0 Å². The first-order valence-corrected chi connectivity index (χ1v) is 8.78. The Hall–Kier alpha value is -2.31. The SMILES string of the molecule is COC(=O)c1cc(C(=O)N2CCOCC2)c(Cl)cc1CCc1ccco1. The molecule has 1 aliphatic rings. The van der Waals surface area contributed by atoms with E-state index in [-0.39, 0.29) is 5.91 Å². The van der Waals surface area contributed by atoms with Gasteiger partial charge in [-0.15, -0.1) is 0 Å². The van der Waals surface area contributed by atoms with E-state index in [4.69, 9.17) is 25.5 Å². The molecular formula is C19H20ClNO5. The summed E-state index contributed by atoms with van der Waals surface area (Å²) in [6.07, 6.45) is 2.77. The molecule has 0 bridgehead atoms. The van der Waals surface area contributed by atoms with Crippen LogP contribution in [0, 0.1) is 0 Å². The Morgan fingerprint density at radius 3 is 2.62 bits per heavy atom. The van der Waals surface area contributed by atoms with Gasteiger partial charge in [0.1, 0.15) is 5.76 Å². The summed E-state index contributed by atoms with van der Waals surface area (Å²) in [6, 6.07) is 6.89. The molecule has 0 atom stereocenters. The number of hydrogen-bond donors (Lipinski definition) is 0. The van der Waals surface area contributed by atoms with Crippen molar-refractivity contribution in [2.24, 2.45) is 0 Å². The molecule has 1 amide bonds. The highest BCUT2D eigenvalue weighted by Crippen LogP contribution is 2.25. The number of rotatable bonds is 5. The standard InChI is InChI=1S/C19H20ClNO5/c1-24-19(23)15-12-16(18(22)21-6-9-25-10-7-21)17(20)11-13(15)4-5-14-3-2-8-26-14/h2-3,8,11-12H,4-7,9-10H2,1H3. The van der Waals surface area contributed by atoms with Crippen LogP contribution in [-0.2, 0) is 22.3 Å². The lowest BCUT2D eigenvalue weighted by molar-refractivity contribution is 0.0303. The number of carbonyl (C=O) groups is 2. The molecule has 138 valence electrons. The molecule has 1 saturated heterocycles. The first-order valence-electron chi connectivity index (χ1n) is 8.40. The third-order valence-electron chi connectivity index (χ3n) is 4.35. The van der Waals surface area contributed by atoms with Gasteiger partial charge in [0, 0.05) is 19.5 Å². The highest BCUT2D eigenvalue weighted by atomic mass is 35.5. The van der Waals surface area contributed by atoms with Gasteiger partial charge in [0.15, 0.2) is 0 Å². The van der Waals surface area contributed by atoms with E-state index in [9.17, 15) is 9.59 Å². The van der Waals surface area contributed by atoms with Gasteiger partial charge in [-0.1, -0.05) is 11.6 Å². The molecule has 1 fully saturated rings. The molecule has 6 nitrogen and oxygen atoms in total. The zero-order valence-corrected chi connectivity index (χ0v) is 15.3. The Morgan fingerprint density at radius 2 is 1.96 bits per heavy atom. The smallest absolute Gasteiger partial charge is 0.338 e. The Labute approximate surface area is 156 Å². The molecule has 0 N–H and O–H groups in total. The van der Waals surface area contributed by atoms with Crippen LogP contribution in [-0.4, -0.2) is 50.2 Å². The molecule has 2 aromatic rings. The molecule has 26 heavy (non-hydrogen) atoms. The second-order valence-electron chi connectivity index (χ2n) is 5.96. The number of nitrogens with zero attached hydrogens (tertiary/aromatic N) is 1. The summed E-state index contributed by atoms with van der Waals surface area (Å²) in [5, 5.41) is 0.323. The van der Waals surface area contributed by atoms with Gasteiger partial charge in [0.05, 0.1) is 42.7 Å². The molecule has 0 unspecified atom stereocenters. The molecule has 1 aliphatic heterocycles. The summed E-state index contributed by atoms with van der Waals surface area (Å²) in [6.45, 7) is 1.99. The molecule has 1 aromatic heterocycles. The number of morpholine rings is 1. The van der Waals surface area contributed by atoms with Crippen molar-refractivity contribution < 1.29 is 23.5 Å². The monoisotopic (exact) mass is 377 g/mol. The number of ether oxygens (including phenoxy) is 2. The van der Waals surface area contributed by atoms with E-state index in [1.54, 1.807) is 17.2 Å². The van der Waals surface area contributed by atoms with Gasteiger partial charge >= 0.3 is 5.97 Å². The average molecular weight is 378 g/mol. The zero-order valence-electron chi connectivity index (χ0n) is 14.5. The van der Waals surface area contributed by atoms with Gasteiger partial charge < -0.3 is 18.8 Å². The highest BCUT2D eigenvalue weighted by molar-refractivity contribution is 6.34. The van der Waals surface area contributed by atoms with Crippen molar-refractivity contribution in [2.75, 3.05) is 33.4 Å². The van der Waals surface area contributed by atoms with E-state index < -0.39 is 5.97 Å². The summed E-state index contributed by atoms with van der Waals surface area (Å²) in [5.41, 5.74) is 1.37. The largest absolute Gasteiger partial charge is 0.469 e. The Morgan fingerprint density at radius 1 is 1.19 bits per heavy atom. The summed E-state index contributed by atoms with van der Waals surface area (Å²) >= 11 is 6.37. The predicted molar refractivity (Wildman–Crippen MR) is 95.6 cm³/mol. The van der Waals surface area contributed by atoms with E-state index in [2.05, 4.69) is 0 Å². The molecular weight excluding hydrogens is 358 g/mol. The van der Waals surface area contributed by atoms with E-state index >= 15 is 0 Å². The molecule has 1 aromatic carbocycles. The number of esters is 1. The maximum absolute atomic E-state index is 12.8.